The van der Waals surface area contributed by atoms with Crippen molar-refractivity contribution in [3.8, 4) is 11.8 Å². The van der Waals surface area contributed by atoms with Gasteiger partial charge in [0.15, 0.2) is 8.32 Å². The predicted molar refractivity (Wildman–Crippen MR) is 174 cm³/mol. The number of benzene rings is 2. The lowest BCUT2D eigenvalue weighted by Gasteiger charge is -2.34. The quantitative estimate of drug-likeness (QED) is 0.216. The lowest BCUT2D eigenvalue weighted by molar-refractivity contribution is 0.00578. The third-order valence-electron chi connectivity index (χ3n) is 9.00. The topological polar surface area (TPSA) is 27.7 Å². The Labute approximate surface area is 247 Å². The van der Waals surface area contributed by atoms with Crippen LogP contribution in [0.15, 0.2) is 36.4 Å². The lowest BCUT2D eigenvalue weighted by atomic mass is 9.68. The summed E-state index contributed by atoms with van der Waals surface area (Å²) in [5.74, 6) is 6.96. The lowest BCUT2D eigenvalue weighted by Crippen LogP contribution is -2.41. The Morgan fingerprint density at radius 1 is 0.875 bits per heavy atom. The van der Waals surface area contributed by atoms with Crippen LogP contribution in [-0.2, 0) is 19.1 Å². The summed E-state index contributed by atoms with van der Waals surface area (Å²) >= 11 is 0. The molecule has 0 N–H and O–H groups in total. The fraction of sp³-hybridized carbons (Fsp3) is 0.600. The van der Waals surface area contributed by atoms with Gasteiger partial charge in [0.05, 0.1) is 11.2 Å². The van der Waals surface area contributed by atoms with Gasteiger partial charge in [-0.05, 0) is 109 Å². The second kappa shape index (κ2) is 12.6. The molecule has 0 amide bonds. The van der Waals surface area contributed by atoms with Crippen molar-refractivity contribution in [2.24, 2.45) is 0 Å². The third-order valence-corrected chi connectivity index (χ3v) is 9.99. The maximum atomic E-state index is 6.40. The zero-order valence-corrected chi connectivity index (χ0v) is 28.4. The molecule has 5 heteroatoms. The molecule has 1 heterocycles. The van der Waals surface area contributed by atoms with Crippen LogP contribution < -0.4 is 5.46 Å². The minimum atomic E-state index is -1.65. The Hall–Kier alpha value is -1.84. The van der Waals surface area contributed by atoms with Crippen molar-refractivity contribution in [2.45, 2.75) is 137 Å². The van der Waals surface area contributed by atoms with Crippen LogP contribution in [0.1, 0.15) is 108 Å². The Morgan fingerprint density at radius 2 is 1.43 bits per heavy atom. The summed E-state index contributed by atoms with van der Waals surface area (Å²) in [4.78, 5) is 0. The van der Waals surface area contributed by atoms with Gasteiger partial charge in [0.1, 0.15) is 6.10 Å². The molecule has 40 heavy (non-hydrogen) atoms. The molecule has 0 spiro atoms. The van der Waals surface area contributed by atoms with E-state index in [1.54, 1.807) is 0 Å². The van der Waals surface area contributed by atoms with Crippen molar-refractivity contribution in [1.29, 1.82) is 0 Å². The van der Waals surface area contributed by atoms with Crippen LogP contribution in [0.2, 0.25) is 19.6 Å². The summed E-state index contributed by atoms with van der Waals surface area (Å²) in [7, 11) is -2.00. The first-order valence-corrected chi connectivity index (χ1v) is 18.8. The zero-order valence-electron chi connectivity index (χ0n) is 27.4. The first-order valence-electron chi connectivity index (χ1n) is 15.4. The van der Waals surface area contributed by atoms with Crippen LogP contribution >= 0.6 is 0 Å². The second-order valence-electron chi connectivity index (χ2n) is 13.6. The molecule has 1 fully saturated rings. The molecule has 2 aromatic rings. The molecule has 3 nitrogen and oxygen atoms in total. The highest BCUT2D eigenvalue weighted by atomic mass is 28.4. The van der Waals surface area contributed by atoms with E-state index in [0.29, 0.717) is 0 Å². The fourth-order valence-electron chi connectivity index (χ4n) is 5.68. The van der Waals surface area contributed by atoms with Gasteiger partial charge in [0, 0.05) is 11.0 Å². The molecule has 1 aliphatic heterocycles. The maximum absolute atomic E-state index is 6.40. The minimum absolute atomic E-state index is 0.0153. The van der Waals surface area contributed by atoms with E-state index < -0.39 is 8.32 Å². The van der Waals surface area contributed by atoms with Gasteiger partial charge in [-0.1, -0.05) is 81.3 Å². The Morgan fingerprint density at radius 3 is 1.90 bits per heavy atom. The van der Waals surface area contributed by atoms with Crippen molar-refractivity contribution in [3.63, 3.8) is 0 Å². The Balaban J connectivity index is 1.93. The van der Waals surface area contributed by atoms with E-state index in [4.69, 9.17) is 13.7 Å². The monoisotopic (exact) mass is 560 g/mol. The molecule has 0 saturated carbocycles. The molecule has 2 aromatic carbocycles. The van der Waals surface area contributed by atoms with Crippen LogP contribution in [0.3, 0.4) is 0 Å². The summed E-state index contributed by atoms with van der Waals surface area (Å²) in [5.41, 5.74) is 6.57. The number of aryl methyl sites for hydroxylation is 2. The van der Waals surface area contributed by atoms with Gasteiger partial charge >= 0.3 is 7.12 Å². The van der Waals surface area contributed by atoms with E-state index in [-0.39, 0.29) is 29.8 Å². The molecule has 0 aromatic heterocycles. The van der Waals surface area contributed by atoms with E-state index in [2.05, 4.69) is 130 Å². The minimum Gasteiger partial charge on any atom is -0.404 e. The van der Waals surface area contributed by atoms with Gasteiger partial charge in [0.2, 0.25) is 0 Å². The molecular weight excluding hydrogens is 507 g/mol. The largest absolute Gasteiger partial charge is 0.495 e. The Bertz CT molecular complexity index is 1210. The number of rotatable bonds is 10. The van der Waals surface area contributed by atoms with Crippen molar-refractivity contribution in [3.05, 3.63) is 64.2 Å². The summed E-state index contributed by atoms with van der Waals surface area (Å²) in [6, 6.07) is 13.7. The SMILES string of the molecule is CCCCC(C#Cc1ccc(C(CC)(CC)c2ccc(B3OC(C)(C)C(C)(C)O3)c(C)c2)cc1C)O[Si](C)(C)C. The Kier molecular flexibility index (Phi) is 10.3. The highest BCUT2D eigenvalue weighted by molar-refractivity contribution is 6.69. The first-order chi connectivity index (χ1) is 18.6. The van der Waals surface area contributed by atoms with Crippen molar-refractivity contribution < 1.29 is 13.7 Å². The highest BCUT2D eigenvalue weighted by Gasteiger charge is 2.52. The molecular formula is C35H53BO3Si. The molecule has 1 aliphatic rings. The third kappa shape index (κ3) is 7.13. The molecule has 218 valence electrons. The van der Waals surface area contributed by atoms with Crippen LogP contribution in [0.5, 0.6) is 0 Å². The number of hydrogen-bond donors (Lipinski definition) is 0. The zero-order chi connectivity index (χ0) is 29.9. The van der Waals surface area contributed by atoms with Crippen LogP contribution in [0, 0.1) is 25.7 Å². The average Bonchev–Trinajstić information content (AvgIpc) is 3.08. The normalized spacial score (nSPS) is 17.4. The van der Waals surface area contributed by atoms with Crippen LogP contribution in [0.25, 0.3) is 0 Å². The smallest absolute Gasteiger partial charge is 0.404 e. The summed E-state index contributed by atoms with van der Waals surface area (Å²) in [6.07, 6.45) is 5.36. The first kappa shape index (κ1) is 32.7. The maximum Gasteiger partial charge on any atom is 0.495 e. The van der Waals surface area contributed by atoms with Gasteiger partial charge in [-0.2, -0.15) is 0 Å². The van der Waals surface area contributed by atoms with Gasteiger partial charge < -0.3 is 13.7 Å². The van der Waals surface area contributed by atoms with Crippen molar-refractivity contribution >= 4 is 20.9 Å². The van der Waals surface area contributed by atoms with Gasteiger partial charge in [0.25, 0.3) is 0 Å². The van der Waals surface area contributed by atoms with Crippen molar-refractivity contribution in [2.75, 3.05) is 0 Å². The van der Waals surface area contributed by atoms with E-state index in [9.17, 15) is 0 Å². The van der Waals surface area contributed by atoms with Gasteiger partial charge in [-0.3, -0.25) is 0 Å². The fourth-order valence-corrected chi connectivity index (χ4v) is 6.71. The molecule has 1 unspecified atom stereocenters. The molecule has 0 radical (unpaired) electrons. The van der Waals surface area contributed by atoms with E-state index >= 15 is 0 Å². The molecule has 1 saturated heterocycles. The number of hydrogen-bond acceptors (Lipinski definition) is 3. The molecule has 3 rings (SSSR count). The van der Waals surface area contributed by atoms with Gasteiger partial charge in [-0.25, -0.2) is 0 Å². The van der Waals surface area contributed by atoms with Crippen molar-refractivity contribution in [1.82, 2.24) is 0 Å². The highest BCUT2D eigenvalue weighted by Crippen LogP contribution is 2.41. The standard InChI is InChI=1S/C35H53BO3Si/c1-13-16-17-31(37-40(10,11)12)22-19-28-18-20-29(24-26(28)4)35(14-2,15-3)30-21-23-32(27(5)25-30)36-38-33(6,7)34(8,9)39-36/h18,20-21,23-25,31H,13-17H2,1-12H3. The summed E-state index contributed by atoms with van der Waals surface area (Å²) in [6.45, 7) is 26.4. The second-order valence-corrected chi connectivity index (χ2v) is 18.1. The van der Waals surface area contributed by atoms with Crippen LogP contribution in [0.4, 0.5) is 0 Å². The van der Waals surface area contributed by atoms with E-state index in [1.807, 2.05) is 0 Å². The molecule has 1 atom stereocenters. The molecule has 0 aliphatic carbocycles. The molecule has 0 bridgehead atoms. The van der Waals surface area contributed by atoms with E-state index in [0.717, 1.165) is 43.1 Å². The summed E-state index contributed by atoms with van der Waals surface area (Å²) < 4.78 is 19.1. The number of unbranched alkanes of at least 4 members (excludes halogenated alkanes) is 1. The van der Waals surface area contributed by atoms with Gasteiger partial charge in [-0.15, -0.1) is 0 Å². The average molecular weight is 561 g/mol. The predicted octanol–water partition coefficient (Wildman–Crippen LogP) is 8.47. The summed E-state index contributed by atoms with van der Waals surface area (Å²) in [5, 5.41) is 0. The van der Waals surface area contributed by atoms with E-state index in [1.165, 1.54) is 22.3 Å². The van der Waals surface area contributed by atoms with Crippen LogP contribution in [-0.4, -0.2) is 32.7 Å².